The molecule has 2 aromatic rings. The zero-order chi connectivity index (χ0) is 17.9. The van der Waals surface area contributed by atoms with Crippen LogP contribution in [0.4, 0.5) is 0 Å². The predicted molar refractivity (Wildman–Crippen MR) is 91.5 cm³/mol. The highest BCUT2D eigenvalue weighted by atomic mass is 79.9. The Morgan fingerprint density at radius 2 is 1.58 bits per heavy atom. The second-order valence-corrected chi connectivity index (χ2v) is 7.21. The molecule has 0 saturated carbocycles. The van der Waals surface area contributed by atoms with Crippen LogP contribution in [0.1, 0.15) is 17.3 Å². The Hall–Kier alpha value is -2.06. The van der Waals surface area contributed by atoms with Gasteiger partial charge in [-0.15, -0.1) is 0 Å². The molecule has 0 spiro atoms. The van der Waals surface area contributed by atoms with E-state index in [2.05, 4.69) is 15.9 Å². The molecular formula is C16H15BrO6S. The zero-order valence-electron chi connectivity index (χ0n) is 13.2. The van der Waals surface area contributed by atoms with Crippen LogP contribution in [0.2, 0.25) is 0 Å². The number of ketones is 1. The summed E-state index contributed by atoms with van der Waals surface area (Å²) in [6, 6.07) is 8.75. The molecule has 128 valence electrons. The number of ether oxygens (including phenoxy) is 2. The van der Waals surface area contributed by atoms with Crippen molar-refractivity contribution in [3.8, 4) is 17.2 Å². The van der Waals surface area contributed by atoms with E-state index in [4.69, 9.17) is 13.7 Å². The zero-order valence-corrected chi connectivity index (χ0v) is 15.6. The van der Waals surface area contributed by atoms with E-state index in [1.165, 1.54) is 45.4 Å². The smallest absolute Gasteiger partial charge is 0.339 e. The Morgan fingerprint density at radius 3 is 2.08 bits per heavy atom. The van der Waals surface area contributed by atoms with Crippen LogP contribution in [0.15, 0.2) is 45.8 Å². The first-order valence-electron chi connectivity index (χ1n) is 6.75. The van der Waals surface area contributed by atoms with Crippen molar-refractivity contribution in [2.45, 2.75) is 11.8 Å². The van der Waals surface area contributed by atoms with Crippen LogP contribution < -0.4 is 13.7 Å². The van der Waals surface area contributed by atoms with Gasteiger partial charge in [-0.25, -0.2) is 0 Å². The first-order chi connectivity index (χ1) is 11.3. The molecule has 0 saturated heterocycles. The van der Waals surface area contributed by atoms with Gasteiger partial charge in [-0.1, -0.05) is 15.9 Å². The molecule has 0 aliphatic rings. The van der Waals surface area contributed by atoms with E-state index in [-0.39, 0.29) is 22.0 Å². The lowest BCUT2D eigenvalue weighted by molar-refractivity contribution is 0.101. The van der Waals surface area contributed by atoms with Crippen molar-refractivity contribution in [3.63, 3.8) is 0 Å². The van der Waals surface area contributed by atoms with Crippen LogP contribution in [-0.2, 0) is 10.1 Å². The molecule has 0 aromatic heterocycles. The molecule has 24 heavy (non-hydrogen) atoms. The molecular weight excluding hydrogens is 400 g/mol. The van der Waals surface area contributed by atoms with Crippen molar-refractivity contribution >= 4 is 31.8 Å². The van der Waals surface area contributed by atoms with Crippen molar-refractivity contribution in [2.24, 2.45) is 0 Å². The van der Waals surface area contributed by atoms with Crippen molar-refractivity contribution in [3.05, 3.63) is 46.4 Å². The Morgan fingerprint density at radius 1 is 1.00 bits per heavy atom. The maximum Gasteiger partial charge on any atom is 0.339 e. The highest BCUT2D eigenvalue weighted by Crippen LogP contribution is 2.36. The van der Waals surface area contributed by atoms with Crippen molar-refractivity contribution in [1.29, 1.82) is 0 Å². The summed E-state index contributed by atoms with van der Waals surface area (Å²) >= 11 is 3.23. The van der Waals surface area contributed by atoms with Crippen LogP contribution >= 0.6 is 15.9 Å². The molecule has 0 bridgehead atoms. The molecule has 8 heteroatoms. The summed E-state index contributed by atoms with van der Waals surface area (Å²) in [6.07, 6.45) is 0. The monoisotopic (exact) mass is 414 g/mol. The largest absolute Gasteiger partial charge is 0.496 e. The summed E-state index contributed by atoms with van der Waals surface area (Å²) in [5.74, 6) is -0.0714. The Bertz CT molecular complexity index is 859. The third kappa shape index (κ3) is 3.88. The van der Waals surface area contributed by atoms with Gasteiger partial charge in [-0.3, -0.25) is 4.79 Å². The highest BCUT2D eigenvalue weighted by molar-refractivity contribution is 9.10. The Labute approximate surface area is 148 Å². The van der Waals surface area contributed by atoms with Gasteiger partial charge >= 0.3 is 10.1 Å². The minimum absolute atomic E-state index is 0.0268. The molecule has 2 aromatic carbocycles. The predicted octanol–water partition coefficient (Wildman–Crippen LogP) is 3.44. The van der Waals surface area contributed by atoms with E-state index in [0.29, 0.717) is 5.75 Å². The summed E-state index contributed by atoms with van der Waals surface area (Å²) in [7, 11) is -1.34. The number of benzene rings is 2. The minimum atomic E-state index is -4.12. The molecule has 6 nitrogen and oxygen atoms in total. The fraction of sp³-hybridized carbons (Fsp3) is 0.188. The Kier molecular flexibility index (Phi) is 5.51. The number of carbonyl (C=O) groups excluding carboxylic acids is 1. The van der Waals surface area contributed by atoms with Crippen molar-refractivity contribution < 1.29 is 26.9 Å². The molecule has 0 unspecified atom stereocenters. The number of halogens is 1. The molecule has 2 rings (SSSR count). The topological polar surface area (TPSA) is 78.9 Å². The molecule has 0 aliphatic heterocycles. The fourth-order valence-electron chi connectivity index (χ4n) is 2.02. The maximum absolute atomic E-state index is 12.5. The van der Waals surface area contributed by atoms with E-state index in [1.54, 1.807) is 12.1 Å². The molecule has 0 radical (unpaired) electrons. The number of methoxy groups -OCH3 is 2. The summed E-state index contributed by atoms with van der Waals surface area (Å²) in [5.41, 5.74) is 0.0268. The number of Topliss-reactive ketones (excluding diaryl/α,β-unsaturated/α-hetero) is 1. The Balaban J connectivity index is 2.55. The average molecular weight is 415 g/mol. The molecule has 0 amide bonds. The average Bonchev–Trinajstić information content (AvgIpc) is 2.53. The van der Waals surface area contributed by atoms with E-state index in [0.717, 1.165) is 4.47 Å². The lowest BCUT2D eigenvalue weighted by Gasteiger charge is -2.14. The van der Waals surface area contributed by atoms with Gasteiger partial charge in [-0.2, -0.15) is 8.42 Å². The second-order valence-electron chi connectivity index (χ2n) is 4.75. The summed E-state index contributed by atoms with van der Waals surface area (Å²) in [5, 5.41) is 0. The van der Waals surface area contributed by atoms with Crippen LogP contribution in [0.3, 0.4) is 0 Å². The van der Waals surface area contributed by atoms with Crippen molar-refractivity contribution in [2.75, 3.05) is 14.2 Å². The lowest BCUT2D eigenvalue weighted by Crippen LogP contribution is -2.12. The number of rotatable bonds is 6. The SMILES string of the molecule is COc1cc(OC)c(C(C)=O)c(OS(=O)(=O)c2ccc(Br)cc2)c1. The second kappa shape index (κ2) is 7.23. The van der Waals surface area contributed by atoms with E-state index in [9.17, 15) is 13.2 Å². The lowest BCUT2D eigenvalue weighted by atomic mass is 10.1. The van der Waals surface area contributed by atoms with Gasteiger partial charge in [-0.05, 0) is 31.2 Å². The number of carbonyl (C=O) groups is 1. The van der Waals surface area contributed by atoms with Crippen molar-refractivity contribution in [1.82, 2.24) is 0 Å². The third-order valence-corrected chi connectivity index (χ3v) is 4.93. The molecule has 0 aliphatic carbocycles. The quantitative estimate of drug-likeness (QED) is 0.531. The van der Waals surface area contributed by atoms with Crippen LogP contribution in [0.25, 0.3) is 0 Å². The van der Waals surface area contributed by atoms with Gasteiger partial charge in [0.25, 0.3) is 0 Å². The van der Waals surface area contributed by atoms with Crippen LogP contribution in [-0.4, -0.2) is 28.4 Å². The van der Waals surface area contributed by atoms with E-state index >= 15 is 0 Å². The minimum Gasteiger partial charge on any atom is -0.496 e. The van der Waals surface area contributed by atoms with Gasteiger partial charge in [0, 0.05) is 16.6 Å². The summed E-state index contributed by atoms with van der Waals surface area (Å²) < 4.78 is 41.1. The van der Waals surface area contributed by atoms with Crippen LogP contribution in [0, 0.1) is 0 Å². The van der Waals surface area contributed by atoms with Gasteiger partial charge in [0.2, 0.25) is 0 Å². The van der Waals surface area contributed by atoms with Crippen LogP contribution in [0.5, 0.6) is 17.2 Å². The molecule has 0 heterocycles. The first-order valence-corrected chi connectivity index (χ1v) is 8.95. The highest BCUT2D eigenvalue weighted by Gasteiger charge is 2.24. The number of hydrogen-bond donors (Lipinski definition) is 0. The third-order valence-electron chi connectivity index (χ3n) is 3.15. The standard InChI is InChI=1S/C16H15BrO6S/c1-10(18)16-14(22-3)8-12(21-2)9-15(16)23-24(19,20)13-6-4-11(17)5-7-13/h4-9H,1-3H3. The maximum atomic E-state index is 12.5. The van der Waals surface area contributed by atoms with Gasteiger partial charge in [0.15, 0.2) is 11.5 Å². The molecule has 0 fully saturated rings. The van der Waals surface area contributed by atoms with Gasteiger partial charge in [0.05, 0.1) is 14.2 Å². The molecule has 0 atom stereocenters. The van der Waals surface area contributed by atoms with Gasteiger partial charge in [0.1, 0.15) is 22.0 Å². The van der Waals surface area contributed by atoms with E-state index < -0.39 is 15.9 Å². The first kappa shape index (κ1) is 18.3. The molecule has 0 N–H and O–H groups in total. The van der Waals surface area contributed by atoms with Gasteiger partial charge < -0.3 is 13.7 Å². The number of hydrogen-bond acceptors (Lipinski definition) is 6. The van der Waals surface area contributed by atoms with E-state index in [1.807, 2.05) is 0 Å². The fourth-order valence-corrected chi connectivity index (χ4v) is 3.22. The summed E-state index contributed by atoms with van der Waals surface area (Å²) in [6.45, 7) is 1.30. The summed E-state index contributed by atoms with van der Waals surface area (Å²) in [4.78, 5) is 11.9. The normalized spacial score (nSPS) is 11.0.